The molecular formula is C20H24N4O. The maximum absolute atomic E-state index is 13.0. The fraction of sp³-hybridized carbons (Fsp3) is 0.400. The van der Waals surface area contributed by atoms with Crippen molar-refractivity contribution in [1.29, 1.82) is 0 Å². The summed E-state index contributed by atoms with van der Waals surface area (Å²) in [7, 11) is 0. The van der Waals surface area contributed by atoms with Crippen LogP contribution in [0.25, 0.3) is 10.9 Å². The molecule has 3 aromatic rings. The number of aryl methyl sites for hydroxylation is 1. The zero-order valence-electron chi connectivity index (χ0n) is 14.6. The van der Waals surface area contributed by atoms with Crippen LogP contribution in [0.2, 0.25) is 0 Å². The lowest BCUT2D eigenvalue weighted by molar-refractivity contribution is -0.134. The Labute approximate surface area is 147 Å². The number of H-pyrrole nitrogens is 1. The van der Waals surface area contributed by atoms with Crippen LogP contribution in [0.4, 0.5) is 0 Å². The number of carbonyl (C=O) groups excluding carboxylic acids is 1. The molecule has 4 rings (SSSR count). The maximum Gasteiger partial charge on any atom is 0.227 e. The van der Waals surface area contributed by atoms with E-state index in [9.17, 15) is 4.79 Å². The van der Waals surface area contributed by atoms with Crippen molar-refractivity contribution in [3.63, 3.8) is 0 Å². The highest BCUT2D eigenvalue weighted by atomic mass is 16.2. The Morgan fingerprint density at radius 1 is 1.36 bits per heavy atom. The molecule has 1 amide bonds. The predicted molar refractivity (Wildman–Crippen MR) is 98.3 cm³/mol. The van der Waals surface area contributed by atoms with Crippen LogP contribution in [0.3, 0.4) is 0 Å². The lowest BCUT2D eigenvalue weighted by Gasteiger charge is -2.35. The van der Waals surface area contributed by atoms with Crippen LogP contribution in [-0.2, 0) is 17.8 Å². The molecule has 2 aromatic heterocycles. The van der Waals surface area contributed by atoms with Gasteiger partial charge in [-0.3, -0.25) is 9.48 Å². The van der Waals surface area contributed by atoms with Crippen LogP contribution >= 0.6 is 0 Å². The van der Waals surface area contributed by atoms with Gasteiger partial charge in [0.1, 0.15) is 0 Å². The number of amides is 1. The fourth-order valence-electron chi connectivity index (χ4n) is 3.85. The lowest BCUT2D eigenvalue weighted by Crippen LogP contribution is -2.46. The van der Waals surface area contributed by atoms with E-state index < -0.39 is 0 Å². The summed E-state index contributed by atoms with van der Waals surface area (Å²) in [5.74, 6) is 0.221. The second-order valence-corrected chi connectivity index (χ2v) is 7.00. The first-order chi connectivity index (χ1) is 12.2. The van der Waals surface area contributed by atoms with Gasteiger partial charge in [-0.1, -0.05) is 12.1 Å². The molecule has 0 radical (unpaired) electrons. The van der Waals surface area contributed by atoms with Gasteiger partial charge < -0.3 is 9.88 Å². The Hall–Kier alpha value is -2.56. The monoisotopic (exact) mass is 336 g/mol. The van der Waals surface area contributed by atoms with E-state index in [1.165, 1.54) is 12.0 Å². The molecule has 1 aliphatic heterocycles. The summed E-state index contributed by atoms with van der Waals surface area (Å²) in [6, 6.07) is 8.52. The number of carbonyl (C=O) groups is 1. The largest absolute Gasteiger partial charge is 0.361 e. The Morgan fingerprint density at radius 2 is 2.28 bits per heavy atom. The normalized spacial score (nSPS) is 18.0. The number of likely N-dealkylation sites (tertiary alicyclic amines) is 1. The SMILES string of the molecule is Cc1ccc2c(CC(=O)N3CCCCC3Cn3cccn3)c[nH]c2c1. The summed E-state index contributed by atoms with van der Waals surface area (Å²) < 4.78 is 1.94. The number of benzene rings is 1. The fourth-order valence-corrected chi connectivity index (χ4v) is 3.85. The van der Waals surface area contributed by atoms with Crippen LogP contribution in [-0.4, -0.2) is 38.2 Å². The van der Waals surface area contributed by atoms with Crippen molar-refractivity contribution < 1.29 is 4.79 Å². The Kier molecular flexibility index (Phi) is 4.30. The first kappa shape index (κ1) is 15.9. The van der Waals surface area contributed by atoms with E-state index in [4.69, 9.17) is 0 Å². The molecule has 5 heteroatoms. The third kappa shape index (κ3) is 3.31. The van der Waals surface area contributed by atoms with Gasteiger partial charge in [-0.15, -0.1) is 0 Å². The number of aromatic nitrogens is 3. The molecule has 1 atom stereocenters. The number of hydrogen-bond donors (Lipinski definition) is 1. The van der Waals surface area contributed by atoms with E-state index >= 15 is 0 Å². The quantitative estimate of drug-likeness (QED) is 0.795. The predicted octanol–water partition coefficient (Wildman–Crippen LogP) is 3.30. The molecule has 3 heterocycles. The van der Waals surface area contributed by atoms with E-state index in [2.05, 4.69) is 40.1 Å². The Morgan fingerprint density at radius 3 is 3.12 bits per heavy atom. The average Bonchev–Trinajstić information content (AvgIpc) is 3.25. The van der Waals surface area contributed by atoms with Crippen molar-refractivity contribution in [3.8, 4) is 0 Å². The lowest BCUT2D eigenvalue weighted by atomic mass is 10.0. The van der Waals surface area contributed by atoms with Gasteiger partial charge in [0.05, 0.1) is 19.0 Å². The van der Waals surface area contributed by atoms with Gasteiger partial charge in [0.2, 0.25) is 5.91 Å². The highest BCUT2D eigenvalue weighted by Gasteiger charge is 2.27. The molecule has 1 saturated heterocycles. The standard InChI is InChI=1S/C20H24N4O/c1-15-6-7-18-16(13-21-19(18)11-15)12-20(25)24-10-3-2-5-17(24)14-23-9-4-8-22-23/h4,6-9,11,13,17,21H,2-3,5,10,12,14H2,1H3. The minimum absolute atomic E-state index is 0.221. The van der Waals surface area contributed by atoms with Crippen LogP contribution in [0.5, 0.6) is 0 Å². The number of hydrogen-bond acceptors (Lipinski definition) is 2. The molecule has 0 bridgehead atoms. The van der Waals surface area contributed by atoms with E-state index in [-0.39, 0.29) is 11.9 Å². The summed E-state index contributed by atoms with van der Waals surface area (Å²) in [6.07, 6.45) is 9.53. The summed E-state index contributed by atoms with van der Waals surface area (Å²) in [5, 5.41) is 5.46. The minimum Gasteiger partial charge on any atom is -0.361 e. The number of piperidine rings is 1. The average molecular weight is 336 g/mol. The molecular weight excluding hydrogens is 312 g/mol. The molecule has 0 saturated carbocycles. The Bertz CT molecular complexity index is 865. The topological polar surface area (TPSA) is 53.9 Å². The number of nitrogens with zero attached hydrogens (tertiary/aromatic N) is 3. The highest BCUT2D eigenvalue weighted by Crippen LogP contribution is 2.23. The smallest absolute Gasteiger partial charge is 0.227 e. The molecule has 1 aliphatic rings. The van der Waals surface area contributed by atoms with Crippen molar-refractivity contribution in [2.45, 2.75) is 45.2 Å². The molecule has 1 unspecified atom stereocenters. The molecule has 1 aromatic carbocycles. The second kappa shape index (κ2) is 6.75. The van der Waals surface area contributed by atoms with Gasteiger partial charge in [-0.05, 0) is 49.4 Å². The van der Waals surface area contributed by atoms with Gasteiger partial charge in [-0.2, -0.15) is 5.10 Å². The zero-order chi connectivity index (χ0) is 17.2. The summed E-state index contributed by atoms with van der Waals surface area (Å²) in [5.41, 5.74) is 3.42. The summed E-state index contributed by atoms with van der Waals surface area (Å²) >= 11 is 0. The van der Waals surface area contributed by atoms with Gasteiger partial charge in [0.25, 0.3) is 0 Å². The maximum atomic E-state index is 13.0. The molecule has 0 spiro atoms. The van der Waals surface area contributed by atoms with Crippen LogP contribution in [0.1, 0.15) is 30.4 Å². The molecule has 25 heavy (non-hydrogen) atoms. The number of fused-ring (bicyclic) bond motifs is 1. The minimum atomic E-state index is 0.221. The van der Waals surface area contributed by atoms with E-state index in [0.29, 0.717) is 6.42 Å². The summed E-state index contributed by atoms with van der Waals surface area (Å²) in [6.45, 7) is 3.72. The van der Waals surface area contributed by atoms with Crippen molar-refractivity contribution in [3.05, 3.63) is 54.0 Å². The molecule has 1 fully saturated rings. The molecule has 0 aliphatic carbocycles. The van der Waals surface area contributed by atoms with Gasteiger partial charge >= 0.3 is 0 Å². The van der Waals surface area contributed by atoms with Crippen LogP contribution < -0.4 is 0 Å². The highest BCUT2D eigenvalue weighted by molar-refractivity contribution is 5.89. The van der Waals surface area contributed by atoms with Crippen LogP contribution in [0, 0.1) is 6.92 Å². The molecule has 1 N–H and O–H groups in total. The first-order valence-corrected chi connectivity index (χ1v) is 9.04. The van der Waals surface area contributed by atoms with Crippen molar-refractivity contribution in [2.24, 2.45) is 0 Å². The van der Waals surface area contributed by atoms with Crippen molar-refractivity contribution in [1.82, 2.24) is 19.7 Å². The number of rotatable bonds is 4. The number of nitrogens with one attached hydrogen (secondary N) is 1. The van der Waals surface area contributed by atoms with Gasteiger partial charge in [0, 0.05) is 36.0 Å². The van der Waals surface area contributed by atoms with Gasteiger partial charge in [-0.25, -0.2) is 0 Å². The van der Waals surface area contributed by atoms with E-state index in [0.717, 1.165) is 42.4 Å². The first-order valence-electron chi connectivity index (χ1n) is 9.04. The van der Waals surface area contributed by atoms with Crippen molar-refractivity contribution in [2.75, 3.05) is 6.54 Å². The van der Waals surface area contributed by atoms with Crippen LogP contribution in [0.15, 0.2) is 42.9 Å². The molecule has 5 nitrogen and oxygen atoms in total. The number of aromatic amines is 1. The third-order valence-corrected chi connectivity index (χ3v) is 5.17. The van der Waals surface area contributed by atoms with E-state index in [1.54, 1.807) is 6.20 Å². The summed E-state index contributed by atoms with van der Waals surface area (Å²) in [4.78, 5) is 18.4. The zero-order valence-corrected chi connectivity index (χ0v) is 14.6. The second-order valence-electron chi connectivity index (χ2n) is 7.00. The van der Waals surface area contributed by atoms with E-state index in [1.807, 2.05) is 23.1 Å². The molecule has 130 valence electrons. The van der Waals surface area contributed by atoms with Crippen molar-refractivity contribution >= 4 is 16.8 Å². The van der Waals surface area contributed by atoms with Gasteiger partial charge in [0.15, 0.2) is 0 Å². The Balaban J connectivity index is 1.51. The third-order valence-electron chi connectivity index (χ3n) is 5.17.